The van der Waals surface area contributed by atoms with Gasteiger partial charge < -0.3 is 9.84 Å². The Balaban J connectivity index is 1.38. The second-order valence-electron chi connectivity index (χ2n) is 8.21. The largest absolute Gasteiger partial charge is 0.360 e. The zero-order chi connectivity index (χ0) is 22.8. The second kappa shape index (κ2) is 9.51. The maximum atomic E-state index is 13.3. The van der Waals surface area contributed by atoms with E-state index in [1.807, 2.05) is 18.2 Å². The van der Waals surface area contributed by atoms with Crippen molar-refractivity contribution in [2.75, 3.05) is 13.1 Å². The van der Waals surface area contributed by atoms with Gasteiger partial charge in [0.1, 0.15) is 17.0 Å². The van der Waals surface area contributed by atoms with E-state index >= 15 is 0 Å². The Bertz CT molecular complexity index is 1270. The van der Waals surface area contributed by atoms with Crippen molar-refractivity contribution in [2.24, 2.45) is 0 Å². The van der Waals surface area contributed by atoms with Crippen molar-refractivity contribution in [1.29, 1.82) is 0 Å². The molecule has 0 saturated carbocycles. The minimum atomic E-state index is -0.207. The maximum Gasteiger partial charge on any atom is 0.257 e. The van der Waals surface area contributed by atoms with Crippen LogP contribution in [-0.4, -0.2) is 29.1 Å². The SMILES string of the molecule is Cc1onc(-c2ccccc2Cl)c1C(=O)NC[C@@H](c1ccsc1)N1CCc2ccccc2C1. The van der Waals surface area contributed by atoms with Crippen molar-refractivity contribution < 1.29 is 9.32 Å². The summed E-state index contributed by atoms with van der Waals surface area (Å²) >= 11 is 8.04. The monoisotopic (exact) mass is 477 g/mol. The van der Waals surface area contributed by atoms with Crippen molar-refractivity contribution in [1.82, 2.24) is 15.4 Å². The fourth-order valence-electron chi connectivity index (χ4n) is 4.46. The number of amides is 1. The van der Waals surface area contributed by atoms with E-state index in [0.717, 1.165) is 19.5 Å². The van der Waals surface area contributed by atoms with Gasteiger partial charge in [-0.15, -0.1) is 0 Å². The Morgan fingerprint density at radius 1 is 1.18 bits per heavy atom. The molecule has 4 aromatic rings. The van der Waals surface area contributed by atoms with Crippen LogP contribution in [0.15, 0.2) is 69.9 Å². The topological polar surface area (TPSA) is 58.4 Å². The highest BCUT2D eigenvalue weighted by atomic mass is 35.5. The van der Waals surface area contributed by atoms with Gasteiger partial charge in [0.25, 0.3) is 5.91 Å². The van der Waals surface area contributed by atoms with Crippen LogP contribution in [0.1, 0.15) is 38.9 Å². The number of nitrogens with zero attached hydrogens (tertiary/aromatic N) is 2. The van der Waals surface area contributed by atoms with Gasteiger partial charge >= 0.3 is 0 Å². The molecule has 0 fully saturated rings. The average molecular weight is 478 g/mol. The lowest BCUT2D eigenvalue weighted by atomic mass is 9.97. The third kappa shape index (κ3) is 4.47. The van der Waals surface area contributed by atoms with Crippen LogP contribution in [0.2, 0.25) is 5.02 Å². The number of hydrogen-bond acceptors (Lipinski definition) is 5. The first kappa shape index (κ1) is 21.9. The first-order valence-electron chi connectivity index (χ1n) is 10.9. The Morgan fingerprint density at radius 2 is 1.97 bits per heavy atom. The van der Waals surface area contributed by atoms with E-state index in [0.29, 0.717) is 34.1 Å². The summed E-state index contributed by atoms with van der Waals surface area (Å²) in [6, 6.07) is 18.2. The van der Waals surface area contributed by atoms with Crippen LogP contribution >= 0.6 is 22.9 Å². The van der Waals surface area contributed by atoms with Crippen LogP contribution in [0.3, 0.4) is 0 Å². The third-order valence-corrected chi connectivity index (χ3v) is 7.23. The van der Waals surface area contributed by atoms with Crippen LogP contribution in [0.25, 0.3) is 11.3 Å². The van der Waals surface area contributed by atoms with Gasteiger partial charge in [-0.2, -0.15) is 11.3 Å². The molecule has 1 aliphatic rings. The summed E-state index contributed by atoms with van der Waals surface area (Å²) in [7, 11) is 0. The van der Waals surface area contributed by atoms with Crippen LogP contribution in [-0.2, 0) is 13.0 Å². The number of fused-ring (bicyclic) bond motifs is 1. The number of hydrogen-bond donors (Lipinski definition) is 1. The molecule has 7 heteroatoms. The van der Waals surface area contributed by atoms with E-state index in [1.54, 1.807) is 24.3 Å². The van der Waals surface area contributed by atoms with Crippen LogP contribution in [0.5, 0.6) is 0 Å². The van der Waals surface area contributed by atoms with E-state index in [-0.39, 0.29) is 11.9 Å². The zero-order valence-electron chi connectivity index (χ0n) is 18.3. The van der Waals surface area contributed by atoms with E-state index in [9.17, 15) is 4.79 Å². The molecule has 1 amide bonds. The minimum absolute atomic E-state index is 0.0810. The molecule has 5 nitrogen and oxygen atoms in total. The Hall–Kier alpha value is -2.93. The number of halogens is 1. The molecule has 2 aromatic carbocycles. The summed E-state index contributed by atoms with van der Waals surface area (Å²) in [5.41, 5.74) is 5.56. The highest BCUT2D eigenvalue weighted by Crippen LogP contribution is 2.32. The molecule has 0 radical (unpaired) electrons. The van der Waals surface area contributed by atoms with Gasteiger partial charge in [-0.05, 0) is 52.9 Å². The number of benzene rings is 2. The number of aromatic nitrogens is 1. The molecule has 168 valence electrons. The van der Waals surface area contributed by atoms with Crippen molar-refractivity contribution in [2.45, 2.75) is 25.9 Å². The lowest BCUT2D eigenvalue weighted by Crippen LogP contribution is -2.40. The van der Waals surface area contributed by atoms with Crippen molar-refractivity contribution in [3.05, 3.63) is 98.4 Å². The Morgan fingerprint density at radius 3 is 2.76 bits per heavy atom. The predicted octanol–water partition coefficient (Wildman–Crippen LogP) is 5.89. The molecule has 1 atom stereocenters. The maximum absolute atomic E-state index is 13.3. The molecule has 2 aromatic heterocycles. The standard InChI is InChI=1S/C26H24ClN3O2S/c1-17-24(25(29-32-17)21-8-4-5-9-22(21)27)26(31)28-14-23(20-11-13-33-16-20)30-12-10-18-6-2-3-7-19(18)15-30/h2-9,11,13,16,23H,10,12,14-15H2,1H3,(H,28,31)/t23-/m0/s1. The quantitative estimate of drug-likeness (QED) is 0.376. The van der Waals surface area contributed by atoms with Gasteiger partial charge in [-0.1, -0.05) is 59.2 Å². The molecule has 33 heavy (non-hydrogen) atoms. The van der Waals surface area contributed by atoms with E-state index < -0.39 is 0 Å². The highest BCUT2D eigenvalue weighted by molar-refractivity contribution is 7.08. The predicted molar refractivity (Wildman–Crippen MR) is 132 cm³/mol. The van der Waals surface area contributed by atoms with Crippen molar-refractivity contribution >= 4 is 28.8 Å². The first-order valence-corrected chi connectivity index (χ1v) is 12.3. The average Bonchev–Trinajstić information content (AvgIpc) is 3.49. The molecule has 3 heterocycles. The molecule has 1 aliphatic heterocycles. The summed E-state index contributed by atoms with van der Waals surface area (Å²) in [4.78, 5) is 15.8. The number of carbonyl (C=O) groups excluding carboxylic acids is 1. The summed E-state index contributed by atoms with van der Waals surface area (Å²) < 4.78 is 5.38. The first-order chi connectivity index (χ1) is 16.1. The number of aryl methyl sites for hydroxylation is 1. The van der Waals surface area contributed by atoms with Gasteiger partial charge in [0.2, 0.25) is 0 Å². The molecule has 0 spiro atoms. The third-order valence-electron chi connectivity index (χ3n) is 6.20. The van der Waals surface area contributed by atoms with E-state index in [1.165, 1.54) is 16.7 Å². The Labute approximate surface area is 202 Å². The van der Waals surface area contributed by atoms with Gasteiger partial charge in [-0.3, -0.25) is 9.69 Å². The van der Waals surface area contributed by atoms with Crippen LogP contribution < -0.4 is 5.32 Å². The molecule has 0 bridgehead atoms. The summed E-state index contributed by atoms with van der Waals surface area (Å²) in [6.45, 7) is 4.05. The fourth-order valence-corrected chi connectivity index (χ4v) is 5.39. The minimum Gasteiger partial charge on any atom is -0.360 e. The molecular formula is C26H24ClN3O2S. The van der Waals surface area contributed by atoms with Crippen LogP contribution in [0, 0.1) is 6.92 Å². The summed E-state index contributed by atoms with van der Waals surface area (Å²) in [6.07, 6.45) is 1.01. The lowest BCUT2D eigenvalue weighted by molar-refractivity contribution is 0.0927. The lowest BCUT2D eigenvalue weighted by Gasteiger charge is -2.35. The van der Waals surface area contributed by atoms with Gasteiger partial charge in [0, 0.05) is 25.2 Å². The normalized spacial score (nSPS) is 14.6. The molecular weight excluding hydrogens is 454 g/mol. The number of rotatable bonds is 6. The van der Waals surface area contributed by atoms with Crippen LogP contribution in [0.4, 0.5) is 0 Å². The molecule has 0 unspecified atom stereocenters. The van der Waals surface area contributed by atoms with Crippen molar-refractivity contribution in [3.63, 3.8) is 0 Å². The number of thiophene rings is 1. The zero-order valence-corrected chi connectivity index (χ0v) is 19.8. The number of nitrogens with one attached hydrogen (secondary N) is 1. The van der Waals surface area contributed by atoms with Gasteiger partial charge in [0.05, 0.1) is 11.1 Å². The molecule has 1 N–H and O–H groups in total. The van der Waals surface area contributed by atoms with Gasteiger partial charge in [-0.25, -0.2) is 0 Å². The smallest absolute Gasteiger partial charge is 0.257 e. The summed E-state index contributed by atoms with van der Waals surface area (Å²) in [5.74, 6) is 0.266. The summed E-state index contributed by atoms with van der Waals surface area (Å²) in [5, 5.41) is 12.1. The molecule has 0 aliphatic carbocycles. The molecule has 0 saturated heterocycles. The van der Waals surface area contributed by atoms with E-state index in [4.69, 9.17) is 16.1 Å². The van der Waals surface area contributed by atoms with E-state index in [2.05, 4.69) is 56.5 Å². The molecule has 5 rings (SSSR count). The van der Waals surface area contributed by atoms with Gasteiger partial charge in [0.15, 0.2) is 0 Å². The highest BCUT2D eigenvalue weighted by Gasteiger charge is 2.28. The number of carbonyl (C=O) groups is 1. The second-order valence-corrected chi connectivity index (χ2v) is 9.40. The Kier molecular flexibility index (Phi) is 6.31. The van der Waals surface area contributed by atoms with Crippen molar-refractivity contribution in [3.8, 4) is 11.3 Å². The fraction of sp³-hybridized carbons (Fsp3) is 0.231.